The number of rotatable bonds is 5. The predicted molar refractivity (Wildman–Crippen MR) is 76.8 cm³/mol. The van der Waals surface area contributed by atoms with Crippen molar-refractivity contribution in [2.45, 2.75) is 18.8 Å². The van der Waals surface area contributed by atoms with Crippen LogP contribution in [0.3, 0.4) is 0 Å². The highest BCUT2D eigenvalue weighted by Crippen LogP contribution is 2.32. The molecule has 1 aromatic carbocycles. The summed E-state index contributed by atoms with van der Waals surface area (Å²) in [6, 6.07) is 8.14. The van der Waals surface area contributed by atoms with Crippen molar-refractivity contribution in [3.05, 3.63) is 41.2 Å². The van der Waals surface area contributed by atoms with E-state index in [-0.39, 0.29) is 5.41 Å². The molecule has 4 nitrogen and oxygen atoms in total. The highest BCUT2D eigenvalue weighted by atomic mass is 35.5. The van der Waals surface area contributed by atoms with E-state index in [2.05, 4.69) is 34.5 Å². The Kier molecular flexibility index (Phi) is 4.42. The molecule has 0 fully saturated rings. The van der Waals surface area contributed by atoms with E-state index in [1.165, 1.54) is 10.4 Å². The zero-order chi connectivity index (χ0) is 13.9. The smallest absolute Gasteiger partial charge is 0.167 e. The van der Waals surface area contributed by atoms with Gasteiger partial charge < -0.3 is 0 Å². The van der Waals surface area contributed by atoms with E-state index in [1.807, 2.05) is 12.1 Å². The van der Waals surface area contributed by atoms with Gasteiger partial charge in [0.15, 0.2) is 5.82 Å². The molecular formula is C13H16Cl2N4. The molecule has 102 valence electrons. The summed E-state index contributed by atoms with van der Waals surface area (Å²) in [5, 5.41) is 12.1. The van der Waals surface area contributed by atoms with E-state index in [0.717, 1.165) is 5.56 Å². The third-order valence-electron chi connectivity index (χ3n) is 3.27. The molecule has 0 radical (unpaired) electrons. The average Bonchev–Trinajstić information content (AvgIpc) is 2.82. The number of alkyl halides is 2. The van der Waals surface area contributed by atoms with Crippen LogP contribution in [-0.4, -0.2) is 32.0 Å². The molecule has 1 aromatic heterocycles. The zero-order valence-electron chi connectivity index (χ0n) is 11.0. The van der Waals surface area contributed by atoms with Gasteiger partial charge >= 0.3 is 0 Å². The van der Waals surface area contributed by atoms with E-state index in [4.69, 9.17) is 23.2 Å². The first-order valence-corrected chi connectivity index (χ1v) is 7.09. The first-order valence-electron chi connectivity index (χ1n) is 6.02. The topological polar surface area (TPSA) is 43.6 Å². The largest absolute Gasteiger partial charge is 0.175 e. The minimum absolute atomic E-state index is 0.364. The number of hydrogen-bond acceptors (Lipinski definition) is 3. The lowest BCUT2D eigenvalue weighted by Crippen LogP contribution is -2.34. The van der Waals surface area contributed by atoms with Gasteiger partial charge in [-0.15, -0.1) is 33.4 Å². The summed E-state index contributed by atoms with van der Waals surface area (Å²) in [6.45, 7) is 2.06. The fraction of sp³-hybridized carbons (Fsp3) is 0.462. The van der Waals surface area contributed by atoms with E-state index in [1.54, 1.807) is 7.05 Å². The van der Waals surface area contributed by atoms with Crippen molar-refractivity contribution in [1.29, 1.82) is 0 Å². The molecule has 0 aliphatic rings. The summed E-state index contributed by atoms with van der Waals surface area (Å²) in [6.07, 6.45) is 0.582. The van der Waals surface area contributed by atoms with Crippen molar-refractivity contribution in [1.82, 2.24) is 20.2 Å². The number of nitrogens with zero attached hydrogens (tertiary/aromatic N) is 4. The van der Waals surface area contributed by atoms with Crippen molar-refractivity contribution in [2.75, 3.05) is 11.8 Å². The molecule has 0 aliphatic heterocycles. The molecular weight excluding hydrogens is 283 g/mol. The first-order chi connectivity index (χ1) is 9.11. The average molecular weight is 299 g/mol. The third-order valence-corrected chi connectivity index (χ3v) is 4.30. The summed E-state index contributed by atoms with van der Waals surface area (Å²) in [4.78, 5) is 1.44. The molecule has 2 aromatic rings. The Labute approximate surface area is 122 Å². The molecule has 0 atom stereocenters. The lowest BCUT2D eigenvalue weighted by molar-refractivity contribution is 0.514. The van der Waals surface area contributed by atoms with Gasteiger partial charge in [-0.2, -0.15) is 4.80 Å². The maximum atomic E-state index is 6.22. The monoisotopic (exact) mass is 298 g/mol. The van der Waals surface area contributed by atoms with Gasteiger partial charge in [-0.25, -0.2) is 0 Å². The Bertz CT molecular complexity index is 549. The van der Waals surface area contributed by atoms with Crippen molar-refractivity contribution in [3.63, 3.8) is 0 Å². The molecule has 19 heavy (non-hydrogen) atoms. The molecule has 0 bridgehead atoms. The number of aromatic nitrogens is 4. The summed E-state index contributed by atoms with van der Waals surface area (Å²) in [5.41, 5.74) is 1.96. The maximum absolute atomic E-state index is 6.22. The maximum Gasteiger partial charge on any atom is 0.175 e. The van der Waals surface area contributed by atoms with E-state index in [0.29, 0.717) is 24.0 Å². The van der Waals surface area contributed by atoms with Crippen LogP contribution in [0, 0.1) is 6.92 Å². The number of tetrazole rings is 1. The second kappa shape index (κ2) is 5.88. The van der Waals surface area contributed by atoms with Crippen molar-refractivity contribution in [2.24, 2.45) is 7.05 Å². The third kappa shape index (κ3) is 2.90. The van der Waals surface area contributed by atoms with Crippen LogP contribution < -0.4 is 0 Å². The molecule has 0 saturated heterocycles. The van der Waals surface area contributed by atoms with Gasteiger partial charge in [0.1, 0.15) is 0 Å². The second-order valence-electron chi connectivity index (χ2n) is 4.73. The molecule has 2 rings (SSSR count). The summed E-state index contributed by atoms with van der Waals surface area (Å²) < 4.78 is 0. The molecule has 0 saturated carbocycles. The van der Waals surface area contributed by atoms with E-state index >= 15 is 0 Å². The molecule has 0 amide bonds. The fourth-order valence-corrected chi connectivity index (χ4v) is 3.00. The predicted octanol–water partition coefficient (Wildman–Crippen LogP) is 2.48. The number of hydrogen-bond donors (Lipinski definition) is 0. The van der Waals surface area contributed by atoms with Crippen molar-refractivity contribution >= 4 is 23.2 Å². The second-order valence-corrected chi connectivity index (χ2v) is 5.27. The highest BCUT2D eigenvalue weighted by Gasteiger charge is 2.33. The first kappa shape index (κ1) is 14.3. The van der Waals surface area contributed by atoms with Gasteiger partial charge in [-0.1, -0.05) is 24.3 Å². The Hall–Kier alpha value is -1.13. The van der Waals surface area contributed by atoms with E-state index < -0.39 is 0 Å². The molecule has 0 spiro atoms. The van der Waals surface area contributed by atoms with Gasteiger partial charge in [0.25, 0.3) is 0 Å². The van der Waals surface area contributed by atoms with Gasteiger partial charge in [0.05, 0.1) is 7.05 Å². The van der Waals surface area contributed by atoms with Crippen LogP contribution >= 0.6 is 23.2 Å². The van der Waals surface area contributed by atoms with Gasteiger partial charge in [0, 0.05) is 23.6 Å². The van der Waals surface area contributed by atoms with Crippen LogP contribution in [0.1, 0.15) is 17.0 Å². The van der Waals surface area contributed by atoms with Crippen molar-refractivity contribution in [3.8, 4) is 0 Å². The lowest BCUT2D eigenvalue weighted by Gasteiger charge is -2.30. The standard InChI is InChI=1S/C13H16Cl2N4/c1-10-5-3-4-6-11(10)13(8-14,9-15)7-12-16-18-19(2)17-12/h3-6H,7-9H2,1-2H3. The van der Waals surface area contributed by atoms with Crippen LogP contribution in [0.2, 0.25) is 0 Å². The minimum Gasteiger partial charge on any atom is -0.167 e. The highest BCUT2D eigenvalue weighted by molar-refractivity contribution is 6.22. The molecule has 6 heteroatoms. The zero-order valence-corrected chi connectivity index (χ0v) is 12.5. The Morgan fingerprint density at radius 3 is 2.42 bits per heavy atom. The summed E-state index contributed by atoms with van der Waals surface area (Å²) in [7, 11) is 1.74. The molecule has 0 unspecified atom stereocenters. The Morgan fingerprint density at radius 2 is 1.89 bits per heavy atom. The summed E-state index contributed by atoms with van der Waals surface area (Å²) in [5.74, 6) is 1.49. The normalized spacial score (nSPS) is 11.8. The molecule has 0 N–H and O–H groups in total. The summed E-state index contributed by atoms with van der Waals surface area (Å²) >= 11 is 12.4. The van der Waals surface area contributed by atoms with Gasteiger partial charge in [-0.3, -0.25) is 0 Å². The van der Waals surface area contributed by atoms with Gasteiger partial charge in [-0.05, 0) is 23.3 Å². The Morgan fingerprint density at radius 1 is 1.21 bits per heavy atom. The van der Waals surface area contributed by atoms with Crippen LogP contribution in [0.4, 0.5) is 0 Å². The van der Waals surface area contributed by atoms with E-state index in [9.17, 15) is 0 Å². The number of benzene rings is 1. The quantitative estimate of drug-likeness (QED) is 0.797. The van der Waals surface area contributed by atoms with Crippen LogP contribution in [-0.2, 0) is 18.9 Å². The number of halogens is 2. The lowest BCUT2D eigenvalue weighted by atomic mass is 9.78. The number of aryl methyl sites for hydroxylation is 2. The van der Waals surface area contributed by atoms with Crippen LogP contribution in [0.15, 0.2) is 24.3 Å². The van der Waals surface area contributed by atoms with Crippen LogP contribution in [0.25, 0.3) is 0 Å². The van der Waals surface area contributed by atoms with Gasteiger partial charge in [0.2, 0.25) is 0 Å². The minimum atomic E-state index is -0.364. The fourth-order valence-electron chi connectivity index (χ4n) is 2.23. The van der Waals surface area contributed by atoms with Crippen molar-refractivity contribution < 1.29 is 0 Å². The van der Waals surface area contributed by atoms with Crippen LogP contribution in [0.5, 0.6) is 0 Å². The molecule has 0 aliphatic carbocycles. The Balaban J connectivity index is 2.40. The SMILES string of the molecule is Cc1ccccc1C(CCl)(CCl)Cc1nnn(C)n1. The molecule has 1 heterocycles.